The van der Waals surface area contributed by atoms with Gasteiger partial charge in [0.25, 0.3) is 5.60 Å². The van der Waals surface area contributed by atoms with Crippen molar-refractivity contribution in [1.82, 2.24) is 20.2 Å². The number of amides is 3. The summed E-state index contributed by atoms with van der Waals surface area (Å²) in [5, 5.41) is 12.4. The standard InChI is InChI=1S/C28H28F6N4O5/c1-4-5-18-12-20(26(41,27(29,30)31)28(32,33)34)7-8-23(18)43-22-10-11-35-21(13-22)15-38(16-39)25(40)37-17(2)19-6-9-24(42-3)36-14-19/h6-14,16-17,41H,4-5,15H2,1-3H3,(H,37,40). The van der Waals surface area contributed by atoms with E-state index in [2.05, 4.69) is 15.3 Å². The van der Waals surface area contributed by atoms with Gasteiger partial charge in [0.05, 0.1) is 25.4 Å². The van der Waals surface area contributed by atoms with Crippen LogP contribution in [0.2, 0.25) is 0 Å². The Morgan fingerprint density at radius 3 is 2.33 bits per heavy atom. The fraction of sp³-hybridized carbons (Fsp3) is 0.357. The first-order valence-electron chi connectivity index (χ1n) is 12.8. The molecule has 0 saturated heterocycles. The predicted octanol–water partition coefficient (Wildman–Crippen LogP) is 5.97. The molecule has 3 aromatic rings. The molecular weight excluding hydrogens is 586 g/mol. The number of ether oxygens (including phenoxy) is 2. The number of aromatic nitrogens is 2. The van der Waals surface area contributed by atoms with Crippen LogP contribution in [-0.2, 0) is 23.4 Å². The summed E-state index contributed by atoms with van der Waals surface area (Å²) < 4.78 is 91.1. The van der Waals surface area contributed by atoms with Gasteiger partial charge in [-0.1, -0.05) is 25.5 Å². The SMILES string of the molecule is CCCc1cc(C(O)(C(F)(F)F)C(F)(F)F)ccc1Oc1ccnc(CN(C=O)C(=O)NC(C)c2ccc(OC)nc2)c1. The van der Waals surface area contributed by atoms with E-state index in [0.29, 0.717) is 36.4 Å². The molecule has 1 atom stereocenters. The maximum atomic E-state index is 13.4. The molecule has 2 aromatic heterocycles. The number of rotatable bonds is 11. The van der Waals surface area contributed by atoms with Gasteiger partial charge in [0.2, 0.25) is 12.3 Å². The lowest BCUT2D eigenvalue weighted by Gasteiger charge is -2.33. The largest absolute Gasteiger partial charge is 0.481 e. The maximum Gasteiger partial charge on any atom is 0.430 e. The number of methoxy groups -OCH3 is 1. The Balaban J connectivity index is 1.80. The van der Waals surface area contributed by atoms with Gasteiger partial charge in [0.1, 0.15) is 11.5 Å². The summed E-state index contributed by atoms with van der Waals surface area (Å²) in [6, 6.07) is 6.77. The number of aliphatic hydroxyl groups is 1. The van der Waals surface area contributed by atoms with Gasteiger partial charge in [-0.25, -0.2) is 9.78 Å². The van der Waals surface area contributed by atoms with Crippen LogP contribution in [0.1, 0.15) is 48.7 Å². The summed E-state index contributed by atoms with van der Waals surface area (Å²) in [6.45, 7) is 3.05. The summed E-state index contributed by atoms with van der Waals surface area (Å²) in [5.41, 5.74) is -5.65. The number of nitrogens with zero attached hydrogens (tertiary/aromatic N) is 3. The van der Waals surface area contributed by atoms with Crippen LogP contribution < -0.4 is 14.8 Å². The van der Waals surface area contributed by atoms with E-state index >= 15 is 0 Å². The third kappa shape index (κ3) is 7.52. The van der Waals surface area contributed by atoms with Crippen LogP contribution in [0.3, 0.4) is 0 Å². The number of urea groups is 1. The summed E-state index contributed by atoms with van der Waals surface area (Å²) in [7, 11) is 1.46. The summed E-state index contributed by atoms with van der Waals surface area (Å²) in [4.78, 5) is 33.4. The van der Waals surface area contributed by atoms with Crippen molar-refractivity contribution < 1.29 is 50.5 Å². The highest BCUT2D eigenvalue weighted by molar-refractivity contribution is 5.84. The van der Waals surface area contributed by atoms with Gasteiger partial charge in [-0.15, -0.1) is 0 Å². The van der Waals surface area contributed by atoms with Crippen LogP contribution in [-0.4, -0.2) is 51.9 Å². The fourth-order valence-electron chi connectivity index (χ4n) is 4.04. The Bertz CT molecular complexity index is 1400. The number of alkyl halides is 6. The molecule has 43 heavy (non-hydrogen) atoms. The smallest absolute Gasteiger partial charge is 0.430 e. The zero-order valence-electron chi connectivity index (χ0n) is 23.2. The van der Waals surface area contributed by atoms with Gasteiger partial charge in [-0.2, -0.15) is 26.3 Å². The Hall–Kier alpha value is -4.40. The van der Waals surface area contributed by atoms with Gasteiger partial charge in [-0.05, 0) is 42.7 Å². The second kappa shape index (κ2) is 13.3. The minimum Gasteiger partial charge on any atom is -0.481 e. The molecule has 3 rings (SSSR count). The lowest BCUT2D eigenvalue weighted by molar-refractivity contribution is -0.376. The van der Waals surface area contributed by atoms with Crippen LogP contribution in [0, 0.1) is 0 Å². The number of carbonyl (C=O) groups is 2. The van der Waals surface area contributed by atoms with Gasteiger partial charge in [-0.3, -0.25) is 14.7 Å². The summed E-state index contributed by atoms with van der Waals surface area (Å²) >= 11 is 0. The van der Waals surface area contributed by atoms with Crippen molar-refractivity contribution in [3.63, 3.8) is 0 Å². The average Bonchev–Trinajstić information content (AvgIpc) is 2.95. The third-order valence-electron chi connectivity index (χ3n) is 6.36. The molecule has 0 aliphatic rings. The number of imide groups is 1. The van der Waals surface area contributed by atoms with Gasteiger partial charge in [0, 0.05) is 30.1 Å². The minimum absolute atomic E-state index is 0.0128. The zero-order chi connectivity index (χ0) is 32.0. The van der Waals surface area contributed by atoms with Crippen molar-refractivity contribution >= 4 is 12.4 Å². The van der Waals surface area contributed by atoms with E-state index in [4.69, 9.17) is 9.47 Å². The maximum absolute atomic E-state index is 13.4. The van der Waals surface area contributed by atoms with E-state index in [-0.39, 0.29) is 35.7 Å². The summed E-state index contributed by atoms with van der Waals surface area (Å²) in [5.74, 6) is 0.411. The van der Waals surface area contributed by atoms with E-state index in [1.807, 2.05) is 0 Å². The quantitative estimate of drug-likeness (QED) is 0.202. The molecule has 3 amide bonds. The molecule has 0 aliphatic carbocycles. The molecule has 9 nitrogen and oxygen atoms in total. The Morgan fingerprint density at radius 1 is 1.07 bits per heavy atom. The van der Waals surface area contributed by atoms with Crippen molar-refractivity contribution in [1.29, 1.82) is 0 Å². The molecule has 0 bridgehead atoms. The highest BCUT2D eigenvalue weighted by Gasteiger charge is 2.71. The number of carbonyl (C=O) groups excluding carboxylic acids is 2. The van der Waals surface area contributed by atoms with Crippen molar-refractivity contribution in [3.8, 4) is 17.4 Å². The number of aryl methyl sites for hydroxylation is 1. The van der Waals surface area contributed by atoms with Crippen molar-refractivity contribution in [3.05, 3.63) is 77.2 Å². The molecule has 1 unspecified atom stereocenters. The molecule has 232 valence electrons. The van der Waals surface area contributed by atoms with Gasteiger partial charge in [0.15, 0.2) is 0 Å². The van der Waals surface area contributed by atoms with Crippen LogP contribution in [0.15, 0.2) is 54.9 Å². The monoisotopic (exact) mass is 614 g/mol. The molecule has 15 heteroatoms. The van der Waals surface area contributed by atoms with E-state index in [1.165, 1.54) is 31.6 Å². The normalized spacial score (nSPS) is 12.8. The lowest BCUT2D eigenvalue weighted by Crippen LogP contribution is -2.53. The van der Waals surface area contributed by atoms with E-state index < -0.39 is 35.6 Å². The molecule has 0 radical (unpaired) electrons. The topological polar surface area (TPSA) is 114 Å². The minimum atomic E-state index is -6.03. The molecule has 2 heterocycles. The number of pyridine rings is 2. The number of nitrogens with one attached hydrogen (secondary N) is 1. The molecule has 0 aliphatic heterocycles. The third-order valence-corrected chi connectivity index (χ3v) is 6.36. The fourth-order valence-corrected chi connectivity index (χ4v) is 4.04. The lowest BCUT2D eigenvalue weighted by atomic mass is 9.90. The van der Waals surface area contributed by atoms with Crippen molar-refractivity contribution in [2.75, 3.05) is 7.11 Å². The van der Waals surface area contributed by atoms with E-state index in [9.17, 15) is 41.0 Å². The van der Waals surface area contributed by atoms with Crippen LogP contribution >= 0.6 is 0 Å². The zero-order valence-corrected chi connectivity index (χ0v) is 23.2. The van der Waals surface area contributed by atoms with Crippen molar-refractivity contribution in [2.24, 2.45) is 0 Å². The Morgan fingerprint density at radius 2 is 1.77 bits per heavy atom. The number of benzene rings is 1. The highest BCUT2D eigenvalue weighted by atomic mass is 19.4. The second-order valence-electron chi connectivity index (χ2n) is 9.40. The molecule has 0 fully saturated rings. The van der Waals surface area contributed by atoms with E-state index in [1.54, 1.807) is 26.0 Å². The molecule has 2 N–H and O–H groups in total. The number of hydrogen-bond donors (Lipinski definition) is 2. The van der Waals surface area contributed by atoms with Crippen LogP contribution in [0.5, 0.6) is 17.4 Å². The molecule has 1 aromatic carbocycles. The number of hydrogen-bond acceptors (Lipinski definition) is 7. The Kier molecular flexibility index (Phi) is 10.2. The van der Waals surface area contributed by atoms with Gasteiger partial charge < -0.3 is 19.9 Å². The average molecular weight is 615 g/mol. The number of halogens is 6. The van der Waals surface area contributed by atoms with Gasteiger partial charge >= 0.3 is 18.4 Å². The first-order chi connectivity index (χ1) is 20.1. The molecule has 0 saturated carbocycles. The highest BCUT2D eigenvalue weighted by Crippen LogP contribution is 2.50. The Labute approximate surface area is 242 Å². The first-order valence-corrected chi connectivity index (χ1v) is 12.8. The molecule has 0 spiro atoms. The van der Waals surface area contributed by atoms with E-state index in [0.717, 1.165) is 11.0 Å². The van der Waals surface area contributed by atoms with Crippen LogP contribution in [0.4, 0.5) is 31.1 Å². The van der Waals surface area contributed by atoms with Crippen LogP contribution in [0.25, 0.3) is 0 Å². The predicted molar refractivity (Wildman–Crippen MR) is 140 cm³/mol. The van der Waals surface area contributed by atoms with Crippen molar-refractivity contribution in [2.45, 2.75) is 57.2 Å². The first kappa shape index (κ1) is 33.1. The summed E-state index contributed by atoms with van der Waals surface area (Å²) in [6.07, 6.45) is -8.60. The molecular formula is C28H28F6N4O5. The second-order valence-corrected chi connectivity index (χ2v) is 9.40.